The maximum atomic E-state index is 12.2. The summed E-state index contributed by atoms with van der Waals surface area (Å²) in [5, 5.41) is 2.88. The lowest BCUT2D eigenvalue weighted by atomic mass is 10.2. The summed E-state index contributed by atoms with van der Waals surface area (Å²) in [4.78, 5) is 16.6. The zero-order valence-corrected chi connectivity index (χ0v) is 15.3. The van der Waals surface area contributed by atoms with E-state index in [1.807, 2.05) is 78.9 Å². The van der Waals surface area contributed by atoms with Gasteiger partial charge in [-0.25, -0.2) is 4.98 Å². The summed E-state index contributed by atoms with van der Waals surface area (Å²) in [5.74, 6) is 1.24. The van der Waals surface area contributed by atoms with E-state index in [1.54, 1.807) is 0 Å². The van der Waals surface area contributed by atoms with Gasteiger partial charge >= 0.3 is 0 Å². The lowest BCUT2D eigenvalue weighted by Gasteiger charge is -2.08. The molecule has 4 rings (SSSR count). The van der Waals surface area contributed by atoms with Crippen molar-refractivity contribution in [3.63, 3.8) is 0 Å². The van der Waals surface area contributed by atoms with Crippen LogP contribution in [-0.4, -0.2) is 10.9 Å². The van der Waals surface area contributed by atoms with Crippen LogP contribution in [0.5, 0.6) is 5.75 Å². The molecule has 0 spiro atoms. The van der Waals surface area contributed by atoms with E-state index in [9.17, 15) is 4.79 Å². The number of benzene rings is 3. The van der Waals surface area contributed by atoms with Crippen LogP contribution in [0, 0.1) is 0 Å². The van der Waals surface area contributed by atoms with Crippen molar-refractivity contribution in [2.75, 3.05) is 5.32 Å². The van der Waals surface area contributed by atoms with Crippen molar-refractivity contribution in [2.45, 2.75) is 19.4 Å². The Morgan fingerprint density at radius 1 is 0.929 bits per heavy atom. The molecule has 140 valence electrons. The molecular formula is C23H20N2O3. The lowest BCUT2D eigenvalue weighted by Crippen LogP contribution is -2.12. The third-order valence-electron chi connectivity index (χ3n) is 4.29. The number of fused-ring (bicyclic) bond motifs is 1. The second kappa shape index (κ2) is 8.39. The van der Waals surface area contributed by atoms with Gasteiger partial charge in [-0.3, -0.25) is 4.79 Å². The van der Waals surface area contributed by atoms with Crippen LogP contribution in [-0.2, 0) is 17.8 Å². The van der Waals surface area contributed by atoms with E-state index in [4.69, 9.17) is 9.15 Å². The second-order valence-corrected chi connectivity index (χ2v) is 6.42. The fourth-order valence-corrected chi connectivity index (χ4v) is 2.85. The number of para-hydroxylation sites is 2. The molecule has 0 saturated heterocycles. The van der Waals surface area contributed by atoms with Crippen molar-refractivity contribution in [3.8, 4) is 5.75 Å². The molecule has 3 aromatic carbocycles. The van der Waals surface area contributed by atoms with Crippen molar-refractivity contribution in [1.29, 1.82) is 0 Å². The molecule has 5 nitrogen and oxygen atoms in total. The summed E-state index contributed by atoms with van der Waals surface area (Å²) < 4.78 is 11.4. The molecule has 4 aromatic rings. The van der Waals surface area contributed by atoms with Crippen LogP contribution in [0.25, 0.3) is 11.1 Å². The molecule has 5 heteroatoms. The molecule has 28 heavy (non-hydrogen) atoms. The lowest BCUT2D eigenvalue weighted by molar-refractivity contribution is -0.116. The number of aromatic nitrogens is 1. The van der Waals surface area contributed by atoms with Crippen LogP contribution < -0.4 is 10.1 Å². The van der Waals surface area contributed by atoms with Crippen LogP contribution in [0.4, 0.5) is 5.69 Å². The van der Waals surface area contributed by atoms with E-state index >= 15 is 0 Å². The third kappa shape index (κ3) is 4.57. The number of carbonyl (C=O) groups is 1. The molecular weight excluding hydrogens is 352 g/mol. The topological polar surface area (TPSA) is 64.4 Å². The summed E-state index contributed by atoms with van der Waals surface area (Å²) >= 11 is 0. The number of nitrogens with zero attached hydrogens (tertiary/aromatic N) is 1. The molecule has 0 radical (unpaired) electrons. The van der Waals surface area contributed by atoms with Gasteiger partial charge in [0.1, 0.15) is 17.9 Å². The van der Waals surface area contributed by atoms with Crippen LogP contribution in [0.2, 0.25) is 0 Å². The predicted molar refractivity (Wildman–Crippen MR) is 108 cm³/mol. The molecule has 0 bridgehead atoms. The van der Waals surface area contributed by atoms with E-state index in [1.165, 1.54) is 0 Å². The van der Waals surface area contributed by atoms with Crippen molar-refractivity contribution in [1.82, 2.24) is 4.98 Å². The first-order chi connectivity index (χ1) is 13.8. The molecule has 0 aliphatic carbocycles. The Hall–Kier alpha value is -3.60. The van der Waals surface area contributed by atoms with Crippen LogP contribution in [0.15, 0.2) is 83.3 Å². The fraction of sp³-hybridized carbons (Fsp3) is 0.130. The van der Waals surface area contributed by atoms with E-state index in [-0.39, 0.29) is 5.91 Å². The van der Waals surface area contributed by atoms with Gasteiger partial charge in [0.15, 0.2) is 11.5 Å². The zero-order valence-electron chi connectivity index (χ0n) is 15.3. The maximum absolute atomic E-state index is 12.2. The minimum absolute atomic E-state index is 0.0831. The molecule has 1 amide bonds. The number of oxazole rings is 1. The van der Waals surface area contributed by atoms with Crippen molar-refractivity contribution in [2.24, 2.45) is 0 Å². The number of amides is 1. The number of nitrogens with one attached hydrogen (secondary N) is 1. The van der Waals surface area contributed by atoms with Crippen LogP contribution in [0.1, 0.15) is 17.9 Å². The number of carbonyl (C=O) groups excluding carboxylic acids is 1. The van der Waals surface area contributed by atoms with E-state index in [0.29, 0.717) is 25.3 Å². The third-order valence-corrected chi connectivity index (χ3v) is 4.29. The molecule has 0 saturated carbocycles. The summed E-state index contributed by atoms with van der Waals surface area (Å²) in [6.45, 7) is 0.511. The van der Waals surface area contributed by atoms with Crippen molar-refractivity contribution < 1.29 is 13.9 Å². The molecule has 1 N–H and O–H groups in total. The minimum atomic E-state index is -0.0831. The highest BCUT2D eigenvalue weighted by Crippen LogP contribution is 2.18. The maximum Gasteiger partial charge on any atom is 0.224 e. The molecule has 0 atom stereocenters. The molecule has 1 heterocycles. The van der Waals surface area contributed by atoms with Gasteiger partial charge < -0.3 is 14.5 Å². The highest BCUT2D eigenvalue weighted by atomic mass is 16.5. The number of hydrogen-bond donors (Lipinski definition) is 1. The second-order valence-electron chi connectivity index (χ2n) is 6.42. The first-order valence-electron chi connectivity index (χ1n) is 9.17. The fourth-order valence-electron chi connectivity index (χ4n) is 2.85. The van der Waals surface area contributed by atoms with Gasteiger partial charge in [0.25, 0.3) is 0 Å². The van der Waals surface area contributed by atoms with Gasteiger partial charge in [-0.15, -0.1) is 0 Å². The summed E-state index contributed by atoms with van der Waals surface area (Å²) in [7, 11) is 0. The summed E-state index contributed by atoms with van der Waals surface area (Å²) in [6.07, 6.45) is 0.762. The number of ether oxygens (including phenoxy) is 1. The van der Waals surface area contributed by atoms with Crippen LogP contribution in [0.3, 0.4) is 0 Å². The summed E-state index contributed by atoms with van der Waals surface area (Å²) in [5.41, 5.74) is 3.39. The molecule has 0 aliphatic rings. The number of aryl methyl sites for hydroxylation is 1. The largest absolute Gasteiger partial charge is 0.489 e. The Labute approximate surface area is 163 Å². The van der Waals surface area contributed by atoms with E-state index < -0.39 is 0 Å². The SMILES string of the molecule is O=C(CCc1nc2ccccc2o1)Nc1ccc(OCc2ccccc2)cc1. The normalized spacial score (nSPS) is 10.7. The van der Waals surface area contributed by atoms with Gasteiger partial charge in [0, 0.05) is 18.5 Å². The summed E-state index contributed by atoms with van der Waals surface area (Å²) in [6, 6.07) is 24.9. The van der Waals surface area contributed by atoms with Gasteiger partial charge in [-0.05, 0) is 42.0 Å². The average Bonchev–Trinajstić information content (AvgIpc) is 3.16. The Morgan fingerprint density at radius 3 is 2.46 bits per heavy atom. The van der Waals surface area contributed by atoms with Crippen molar-refractivity contribution in [3.05, 3.63) is 90.3 Å². The predicted octanol–water partition coefficient (Wildman–Crippen LogP) is 4.98. The monoisotopic (exact) mass is 372 g/mol. The first kappa shape index (κ1) is 17.8. The quantitative estimate of drug-likeness (QED) is 0.497. The minimum Gasteiger partial charge on any atom is -0.489 e. The molecule has 0 unspecified atom stereocenters. The average molecular weight is 372 g/mol. The van der Waals surface area contributed by atoms with Crippen LogP contribution >= 0.6 is 0 Å². The standard InChI is InChI=1S/C23H20N2O3/c26-22(14-15-23-25-20-8-4-5-9-21(20)28-23)24-18-10-12-19(13-11-18)27-16-17-6-2-1-3-7-17/h1-13H,14-16H2,(H,24,26). The van der Waals surface area contributed by atoms with Gasteiger partial charge in [-0.1, -0.05) is 42.5 Å². The van der Waals surface area contributed by atoms with Gasteiger partial charge in [-0.2, -0.15) is 0 Å². The Morgan fingerprint density at radius 2 is 1.68 bits per heavy atom. The Balaban J connectivity index is 1.27. The van der Waals surface area contributed by atoms with E-state index in [0.717, 1.165) is 28.1 Å². The Kier molecular flexibility index (Phi) is 5.33. The van der Waals surface area contributed by atoms with Gasteiger partial charge in [0.2, 0.25) is 5.91 Å². The van der Waals surface area contributed by atoms with Gasteiger partial charge in [0.05, 0.1) is 0 Å². The number of anilines is 1. The highest BCUT2D eigenvalue weighted by molar-refractivity contribution is 5.90. The first-order valence-corrected chi connectivity index (χ1v) is 9.17. The zero-order chi connectivity index (χ0) is 19.2. The number of rotatable bonds is 7. The van der Waals surface area contributed by atoms with Crippen molar-refractivity contribution >= 4 is 22.7 Å². The molecule has 0 aliphatic heterocycles. The van der Waals surface area contributed by atoms with E-state index in [2.05, 4.69) is 10.3 Å². The molecule has 0 fully saturated rings. The number of hydrogen-bond acceptors (Lipinski definition) is 4. The Bertz CT molecular complexity index is 1020. The smallest absolute Gasteiger partial charge is 0.224 e. The molecule has 1 aromatic heterocycles. The highest BCUT2D eigenvalue weighted by Gasteiger charge is 2.09.